The molecule has 7 heteroatoms. The van der Waals surface area contributed by atoms with E-state index in [0.29, 0.717) is 5.56 Å². The average molecular weight is 373 g/mol. The summed E-state index contributed by atoms with van der Waals surface area (Å²) in [6.07, 6.45) is 0.968. The molecule has 0 aromatic carbocycles. The minimum Gasteiger partial charge on any atom is -0.348 e. The molecule has 3 amide bonds. The second-order valence-corrected chi connectivity index (χ2v) is 7.60. The summed E-state index contributed by atoms with van der Waals surface area (Å²) in [4.78, 5) is 39.0. The number of imide groups is 1. The van der Waals surface area contributed by atoms with Crippen molar-refractivity contribution < 1.29 is 14.4 Å². The van der Waals surface area contributed by atoms with Gasteiger partial charge in [0.25, 0.3) is 5.91 Å². The van der Waals surface area contributed by atoms with Crippen molar-refractivity contribution >= 4 is 29.1 Å². The van der Waals surface area contributed by atoms with E-state index in [1.807, 2.05) is 36.7 Å². The van der Waals surface area contributed by atoms with Gasteiger partial charge >= 0.3 is 6.03 Å². The number of nitrogens with zero attached hydrogens (tertiary/aromatic N) is 2. The van der Waals surface area contributed by atoms with Gasteiger partial charge in [-0.1, -0.05) is 6.92 Å². The summed E-state index contributed by atoms with van der Waals surface area (Å²) in [7, 11) is 0. The van der Waals surface area contributed by atoms with Crippen LogP contribution in [0.5, 0.6) is 0 Å². The third-order valence-electron chi connectivity index (χ3n) is 5.00. The summed E-state index contributed by atoms with van der Waals surface area (Å²) in [6.45, 7) is 8.20. The van der Waals surface area contributed by atoms with Gasteiger partial charge in [-0.2, -0.15) is 11.3 Å². The molecule has 0 saturated carbocycles. The highest BCUT2D eigenvalue weighted by Crippen LogP contribution is 2.30. The van der Waals surface area contributed by atoms with E-state index in [9.17, 15) is 14.4 Å². The first kappa shape index (κ1) is 18.4. The van der Waals surface area contributed by atoms with Crippen molar-refractivity contribution in [2.45, 2.75) is 46.2 Å². The van der Waals surface area contributed by atoms with Gasteiger partial charge < -0.3 is 9.88 Å². The Kier molecular flexibility index (Phi) is 4.75. The third-order valence-corrected chi connectivity index (χ3v) is 5.68. The first-order valence-corrected chi connectivity index (χ1v) is 9.60. The number of carbonyl (C=O) groups excluding carboxylic acids is 3. The average Bonchev–Trinajstić information content (AvgIpc) is 3.27. The highest BCUT2D eigenvalue weighted by Gasteiger charge is 2.49. The third kappa shape index (κ3) is 2.86. The number of hydrogen-bond acceptors (Lipinski definition) is 4. The molecule has 1 fully saturated rings. The van der Waals surface area contributed by atoms with E-state index in [4.69, 9.17) is 0 Å². The molecule has 0 spiro atoms. The molecule has 1 N–H and O–H groups in total. The van der Waals surface area contributed by atoms with Gasteiger partial charge in [0, 0.05) is 23.5 Å². The van der Waals surface area contributed by atoms with Crippen LogP contribution in [0, 0.1) is 13.8 Å². The van der Waals surface area contributed by atoms with Crippen LogP contribution >= 0.6 is 11.3 Å². The molecule has 0 aliphatic carbocycles. The van der Waals surface area contributed by atoms with Gasteiger partial charge in [-0.3, -0.25) is 14.5 Å². The van der Waals surface area contributed by atoms with Crippen LogP contribution in [-0.4, -0.2) is 33.7 Å². The normalized spacial score (nSPS) is 19.9. The van der Waals surface area contributed by atoms with Crippen molar-refractivity contribution in [1.29, 1.82) is 0 Å². The van der Waals surface area contributed by atoms with Crippen LogP contribution in [0.25, 0.3) is 0 Å². The molecule has 1 aliphatic rings. The molecule has 2 aromatic heterocycles. The molecular weight excluding hydrogens is 350 g/mol. The lowest BCUT2D eigenvalue weighted by molar-refractivity contribution is -0.130. The molecule has 2 aromatic rings. The van der Waals surface area contributed by atoms with E-state index in [1.165, 1.54) is 11.3 Å². The number of hydrogen-bond donors (Lipinski definition) is 1. The number of Topliss-reactive ketones (excluding diaryl/α,β-unsaturated/α-hetero) is 1. The number of aryl methyl sites for hydroxylation is 1. The first-order valence-electron chi connectivity index (χ1n) is 8.66. The molecule has 3 heterocycles. The van der Waals surface area contributed by atoms with E-state index >= 15 is 0 Å². The lowest BCUT2D eigenvalue weighted by Crippen LogP contribution is -2.41. The van der Waals surface area contributed by atoms with Gasteiger partial charge in [0.05, 0.1) is 6.54 Å². The van der Waals surface area contributed by atoms with Crippen LogP contribution in [0.1, 0.15) is 47.6 Å². The minimum atomic E-state index is -1.11. The molecule has 26 heavy (non-hydrogen) atoms. The van der Waals surface area contributed by atoms with E-state index in [-0.39, 0.29) is 12.3 Å². The molecular formula is C19H23N3O3S. The maximum absolute atomic E-state index is 12.9. The SMILES string of the molecule is CCCn1c(C)cc(C(=O)CN2C(=O)NC(C)(c3ccsc3)C2=O)c1C. The maximum atomic E-state index is 12.9. The number of ketones is 1. The Bertz CT molecular complexity index is 869. The highest BCUT2D eigenvalue weighted by molar-refractivity contribution is 7.08. The van der Waals surface area contributed by atoms with Crippen LogP contribution in [0.2, 0.25) is 0 Å². The number of aromatic nitrogens is 1. The summed E-state index contributed by atoms with van der Waals surface area (Å²) in [6, 6.07) is 3.12. The summed E-state index contributed by atoms with van der Waals surface area (Å²) in [5, 5.41) is 6.42. The molecule has 1 aliphatic heterocycles. The summed E-state index contributed by atoms with van der Waals surface area (Å²) >= 11 is 1.46. The second-order valence-electron chi connectivity index (χ2n) is 6.82. The number of amides is 3. The number of rotatable bonds is 6. The number of thiophene rings is 1. The molecule has 1 atom stereocenters. The van der Waals surface area contributed by atoms with Crippen molar-refractivity contribution in [2.24, 2.45) is 0 Å². The minimum absolute atomic E-state index is 0.224. The fourth-order valence-corrected chi connectivity index (χ4v) is 4.23. The predicted octanol–water partition coefficient (Wildman–Crippen LogP) is 3.23. The van der Waals surface area contributed by atoms with Crippen LogP contribution in [0.3, 0.4) is 0 Å². The lowest BCUT2D eigenvalue weighted by Gasteiger charge is -2.20. The zero-order valence-electron chi connectivity index (χ0n) is 15.5. The van der Waals surface area contributed by atoms with Crippen LogP contribution in [0.15, 0.2) is 22.9 Å². The van der Waals surface area contributed by atoms with Crippen molar-refractivity contribution in [3.05, 3.63) is 45.4 Å². The Labute approximate surface area is 156 Å². The van der Waals surface area contributed by atoms with Crippen molar-refractivity contribution in [3.63, 3.8) is 0 Å². The molecule has 6 nitrogen and oxygen atoms in total. The fraction of sp³-hybridized carbons (Fsp3) is 0.421. The highest BCUT2D eigenvalue weighted by atomic mass is 32.1. The maximum Gasteiger partial charge on any atom is 0.325 e. The molecule has 3 rings (SSSR count). The van der Waals surface area contributed by atoms with Crippen LogP contribution in [0.4, 0.5) is 4.79 Å². The van der Waals surface area contributed by atoms with E-state index in [1.54, 1.807) is 6.92 Å². The van der Waals surface area contributed by atoms with E-state index in [2.05, 4.69) is 16.8 Å². The van der Waals surface area contributed by atoms with Gasteiger partial charge in [-0.25, -0.2) is 4.79 Å². The van der Waals surface area contributed by atoms with Crippen LogP contribution < -0.4 is 5.32 Å². The number of nitrogens with one attached hydrogen (secondary N) is 1. The number of urea groups is 1. The van der Waals surface area contributed by atoms with Crippen LogP contribution in [-0.2, 0) is 16.9 Å². The predicted molar refractivity (Wildman–Crippen MR) is 100 cm³/mol. The quantitative estimate of drug-likeness (QED) is 0.624. The Hall–Kier alpha value is -2.41. The summed E-state index contributed by atoms with van der Waals surface area (Å²) < 4.78 is 2.09. The van der Waals surface area contributed by atoms with Gasteiger partial charge in [0.15, 0.2) is 5.78 Å². The largest absolute Gasteiger partial charge is 0.348 e. The Morgan fingerprint density at radius 2 is 2.04 bits per heavy atom. The molecule has 1 saturated heterocycles. The Balaban J connectivity index is 1.83. The first-order chi connectivity index (χ1) is 12.3. The Morgan fingerprint density at radius 1 is 1.31 bits per heavy atom. The van der Waals surface area contributed by atoms with Crippen molar-refractivity contribution in [1.82, 2.24) is 14.8 Å². The monoisotopic (exact) mass is 373 g/mol. The topological polar surface area (TPSA) is 71.4 Å². The zero-order chi connectivity index (χ0) is 19.1. The van der Waals surface area contributed by atoms with Crippen molar-refractivity contribution in [2.75, 3.05) is 6.54 Å². The Morgan fingerprint density at radius 3 is 2.65 bits per heavy atom. The fourth-order valence-electron chi connectivity index (χ4n) is 3.47. The molecule has 1 unspecified atom stereocenters. The van der Waals surface area contributed by atoms with Gasteiger partial charge in [-0.15, -0.1) is 0 Å². The van der Waals surface area contributed by atoms with Gasteiger partial charge in [-0.05, 0) is 55.6 Å². The second kappa shape index (κ2) is 6.72. The lowest BCUT2D eigenvalue weighted by atomic mass is 9.95. The van der Waals surface area contributed by atoms with Gasteiger partial charge in [0.1, 0.15) is 5.54 Å². The molecule has 0 bridgehead atoms. The standard InChI is InChI=1S/C19H23N3O3S/c1-5-7-21-12(2)9-15(13(21)3)16(23)10-22-17(24)19(4,20-18(22)25)14-6-8-26-11-14/h6,8-9,11H,5,7,10H2,1-4H3,(H,20,25). The van der Waals surface area contributed by atoms with Gasteiger partial charge in [0.2, 0.25) is 0 Å². The summed E-state index contributed by atoms with van der Waals surface area (Å²) in [5.41, 5.74) is 2.07. The smallest absolute Gasteiger partial charge is 0.325 e. The molecule has 0 radical (unpaired) electrons. The number of carbonyl (C=O) groups is 3. The molecule has 138 valence electrons. The van der Waals surface area contributed by atoms with E-state index in [0.717, 1.165) is 34.8 Å². The summed E-state index contributed by atoms with van der Waals surface area (Å²) in [5.74, 6) is -0.616. The zero-order valence-corrected chi connectivity index (χ0v) is 16.3. The van der Waals surface area contributed by atoms with Crippen molar-refractivity contribution in [3.8, 4) is 0 Å². The van der Waals surface area contributed by atoms with E-state index < -0.39 is 17.5 Å².